The summed E-state index contributed by atoms with van der Waals surface area (Å²) < 4.78 is 27.0. The highest BCUT2D eigenvalue weighted by atomic mass is 35.5. The van der Waals surface area contributed by atoms with Crippen molar-refractivity contribution in [2.75, 3.05) is 27.2 Å². The van der Waals surface area contributed by atoms with Gasteiger partial charge in [-0.3, -0.25) is 4.79 Å². The maximum Gasteiger partial charge on any atom is 0.253 e. The zero-order valence-corrected chi connectivity index (χ0v) is 14.9. The van der Waals surface area contributed by atoms with Gasteiger partial charge in [0, 0.05) is 32.2 Å². The van der Waals surface area contributed by atoms with Gasteiger partial charge < -0.3 is 10.2 Å². The van der Waals surface area contributed by atoms with Gasteiger partial charge >= 0.3 is 0 Å². The quantitative estimate of drug-likeness (QED) is 0.772. The fourth-order valence-electron chi connectivity index (χ4n) is 1.79. The second-order valence-electron chi connectivity index (χ2n) is 5.04. The van der Waals surface area contributed by atoms with E-state index in [1.165, 1.54) is 17.0 Å². The van der Waals surface area contributed by atoms with Crippen molar-refractivity contribution >= 4 is 28.3 Å². The molecule has 0 aliphatic carbocycles. The number of carbonyl (C=O) groups excluding carboxylic acids is 1. The van der Waals surface area contributed by atoms with Gasteiger partial charge in [0.25, 0.3) is 5.91 Å². The highest BCUT2D eigenvalue weighted by Crippen LogP contribution is 2.12. The third-order valence-electron chi connectivity index (χ3n) is 2.93. The zero-order chi connectivity index (χ0) is 16.0. The van der Waals surface area contributed by atoms with Gasteiger partial charge in [0.05, 0.1) is 4.90 Å². The topological polar surface area (TPSA) is 78.5 Å². The molecule has 0 aliphatic heterocycles. The Hall–Kier alpha value is -1.15. The summed E-state index contributed by atoms with van der Waals surface area (Å²) in [6.45, 7) is 4.93. The van der Waals surface area contributed by atoms with E-state index in [-0.39, 0.29) is 29.3 Å². The van der Waals surface area contributed by atoms with Gasteiger partial charge in [0.2, 0.25) is 10.0 Å². The molecule has 2 N–H and O–H groups in total. The van der Waals surface area contributed by atoms with Crippen molar-refractivity contribution in [1.29, 1.82) is 0 Å². The molecule has 0 radical (unpaired) electrons. The predicted molar refractivity (Wildman–Crippen MR) is 90.0 cm³/mol. The molecule has 1 amide bonds. The van der Waals surface area contributed by atoms with Crippen LogP contribution in [0.3, 0.4) is 0 Å². The Labute approximate surface area is 138 Å². The fourth-order valence-corrected chi connectivity index (χ4v) is 2.97. The molecule has 0 saturated heterocycles. The zero-order valence-electron chi connectivity index (χ0n) is 13.3. The van der Waals surface area contributed by atoms with Crippen LogP contribution in [0.4, 0.5) is 0 Å². The fraction of sp³-hybridized carbons (Fsp3) is 0.500. The molecule has 0 fully saturated rings. The van der Waals surface area contributed by atoms with Gasteiger partial charge in [-0.25, -0.2) is 13.1 Å². The van der Waals surface area contributed by atoms with Gasteiger partial charge in [0.1, 0.15) is 0 Å². The average molecular weight is 350 g/mol. The van der Waals surface area contributed by atoms with Crippen molar-refractivity contribution < 1.29 is 13.2 Å². The first-order valence-electron chi connectivity index (χ1n) is 6.82. The van der Waals surface area contributed by atoms with Crippen molar-refractivity contribution in [3.05, 3.63) is 29.8 Å². The van der Waals surface area contributed by atoms with E-state index in [1.54, 1.807) is 26.2 Å². The number of sulfonamides is 1. The van der Waals surface area contributed by atoms with Crippen LogP contribution >= 0.6 is 12.4 Å². The van der Waals surface area contributed by atoms with Crippen LogP contribution in [-0.4, -0.2) is 52.5 Å². The minimum atomic E-state index is -3.62. The standard InChI is InChI=1S/C14H23N3O3S.ClH/c1-5-15-11(2)10-16-21(19,20)13-8-6-7-12(9-13)14(18)17(3)4;/h6-9,11,15-16H,5,10H2,1-4H3;1H/t11-;/m1./s1. The number of nitrogens with zero attached hydrogens (tertiary/aromatic N) is 1. The van der Waals surface area contributed by atoms with Crippen LogP contribution in [0, 0.1) is 0 Å². The monoisotopic (exact) mass is 349 g/mol. The lowest BCUT2D eigenvalue weighted by Gasteiger charge is -2.14. The van der Waals surface area contributed by atoms with Crippen LogP contribution in [0.2, 0.25) is 0 Å². The Morgan fingerprint density at radius 2 is 1.95 bits per heavy atom. The molecule has 0 aliphatic rings. The lowest BCUT2D eigenvalue weighted by molar-refractivity contribution is 0.0827. The molecule has 22 heavy (non-hydrogen) atoms. The molecule has 0 aromatic heterocycles. The number of likely N-dealkylation sites (N-methyl/N-ethyl adjacent to an activating group) is 1. The minimum absolute atomic E-state index is 0. The van der Waals surface area contributed by atoms with Crippen LogP contribution in [0.25, 0.3) is 0 Å². The highest BCUT2D eigenvalue weighted by molar-refractivity contribution is 7.89. The summed E-state index contributed by atoms with van der Waals surface area (Å²) in [5, 5.41) is 3.13. The molecule has 0 unspecified atom stereocenters. The molecule has 1 aromatic rings. The normalized spacial score (nSPS) is 12.4. The Balaban J connectivity index is 0.00000441. The van der Waals surface area contributed by atoms with Gasteiger partial charge in [-0.15, -0.1) is 12.4 Å². The molecule has 1 rings (SSSR count). The summed E-state index contributed by atoms with van der Waals surface area (Å²) in [5.41, 5.74) is 0.350. The summed E-state index contributed by atoms with van der Waals surface area (Å²) in [6.07, 6.45) is 0. The molecule has 0 saturated carbocycles. The van der Waals surface area contributed by atoms with E-state index in [4.69, 9.17) is 0 Å². The molecule has 0 spiro atoms. The summed E-state index contributed by atoms with van der Waals surface area (Å²) in [5.74, 6) is -0.229. The average Bonchev–Trinajstić information content (AvgIpc) is 2.45. The summed E-state index contributed by atoms with van der Waals surface area (Å²) in [4.78, 5) is 13.4. The SMILES string of the molecule is CCN[C@H](C)CNS(=O)(=O)c1cccc(C(=O)N(C)C)c1.Cl. The van der Waals surface area contributed by atoms with Crippen LogP contribution in [0.5, 0.6) is 0 Å². The predicted octanol–water partition coefficient (Wildman–Crippen LogP) is 1.09. The lowest BCUT2D eigenvalue weighted by atomic mass is 10.2. The van der Waals surface area contributed by atoms with Crippen molar-refractivity contribution in [2.45, 2.75) is 24.8 Å². The smallest absolute Gasteiger partial charge is 0.253 e. The maximum absolute atomic E-state index is 12.2. The van der Waals surface area contributed by atoms with Crippen molar-refractivity contribution in [3.8, 4) is 0 Å². The molecular formula is C14H24ClN3O3S. The summed E-state index contributed by atoms with van der Waals surface area (Å²) >= 11 is 0. The van der Waals surface area contributed by atoms with E-state index in [0.29, 0.717) is 12.1 Å². The first-order valence-corrected chi connectivity index (χ1v) is 8.31. The summed E-state index contributed by atoms with van der Waals surface area (Å²) in [6, 6.07) is 6.08. The maximum atomic E-state index is 12.2. The second-order valence-corrected chi connectivity index (χ2v) is 6.80. The number of benzene rings is 1. The molecule has 1 atom stereocenters. The number of hydrogen-bond donors (Lipinski definition) is 2. The van der Waals surface area contributed by atoms with Gasteiger partial charge in [0.15, 0.2) is 0 Å². The molecule has 0 heterocycles. The van der Waals surface area contributed by atoms with Gasteiger partial charge in [-0.05, 0) is 31.7 Å². The van der Waals surface area contributed by atoms with Crippen molar-refractivity contribution in [2.24, 2.45) is 0 Å². The van der Waals surface area contributed by atoms with E-state index in [2.05, 4.69) is 10.0 Å². The summed E-state index contributed by atoms with van der Waals surface area (Å²) in [7, 11) is -0.366. The first-order chi connectivity index (χ1) is 9.77. The Kier molecular flexibility index (Phi) is 8.62. The molecule has 6 nitrogen and oxygen atoms in total. The molecule has 1 aromatic carbocycles. The number of halogens is 1. The Morgan fingerprint density at radius 3 is 2.50 bits per heavy atom. The second kappa shape index (κ2) is 9.09. The van der Waals surface area contributed by atoms with E-state index in [1.807, 2.05) is 13.8 Å². The number of hydrogen-bond acceptors (Lipinski definition) is 4. The third kappa shape index (κ3) is 5.92. The minimum Gasteiger partial charge on any atom is -0.345 e. The number of rotatable bonds is 7. The molecular weight excluding hydrogens is 326 g/mol. The van der Waals surface area contributed by atoms with Crippen LogP contribution in [0.15, 0.2) is 29.2 Å². The van der Waals surface area contributed by atoms with Crippen molar-refractivity contribution in [1.82, 2.24) is 14.9 Å². The number of carbonyl (C=O) groups is 1. The molecule has 8 heteroatoms. The van der Waals surface area contributed by atoms with E-state index < -0.39 is 10.0 Å². The number of amides is 1. The van der Waals surface area contributed by atoms with Gasteiger partial charge in [-0.2, -0.15) is 0 Å². The van der Waals surface area contributed by atoms with Crippen LogP contribution < -0.4 is 10.0 Å². The molecule has 0 bridgehead atoms. The highest BCUT2D eigenvalue weighted by Gasteiger charge is 2.17. The first kappa shape index (κ1) is 20.9. The Morgan fingerprint density at radius 1 is 1.32 bits per heavy atom. The van der Waals surface area contributed by atoms with Crippen LogP contribution in [0.1, 0.15) is 24.2 Å². The van der Waals surface area contributed by atoms with Gasteiger partial charge in [-0.1, -0.05) is 13.0 Å². The molecule has 126 valence electrons. The number of nitrogens with one attached hydrogen (secondary N) is 2. The third-order valence-corrected chi connectivity index (χ3v) is 4.35. The van der Waals surface area contributed by atoms with Crippen molar-refractivity contribution in [3.63, 3.8) is 0 Å². The Bertz CT molecular complexity index is 591. The van der Waals surface area contributed by atoms with E-state index >= 15 is 0 Å². The lowest BCUT2D eigenvalue weighted by Crippen LogP contribution is -2.38. The largest absolute Gasteiger partial charge is 0.345 e. The van der Waals surface area contributed by atoms with E-state index in [0.717, 1.165) is 6.54 Å². The van der Waals surface area contributed by atoms with Crippen LogP contribution in [-0.2, 0) is 10.0 Å². The van der Waals surface area contributed by atoms with E-state index in [9.17, 15) is 13.2 Å².